The summed E-state index contributed by atoms with van der Waals surface area (Å²) in [6, 6.07) is -0.0346. The van der Waals surface area contributed by atoms with Gasteiger partial charge in [0.25, 0.3) is 0 Å². The molecule has 1 saturated heterocycles. The number of nitrogens with one attached hydrogen (secondary N) is 1. The number of aliphatic hydroxyl groups excluding tert-OH is 1. The summed E-state index contributed by atoms with van der Waals surface area (Å²) in [6.45, 7) is 8.78. The van der Waals surface area contributed by atoms with Crippen LogP contribution >= 0.6 is 0 Å². The van der Waals surface area contributed by atoms with Crippen molar-refractivity contribution in [2.24, 2.45) is 34.5 Å². The number of aliphatic hydroxyl groups is 1. The van der Waals surface area contributed by atoms with E-state index >= 15 is 0 Å². The minimum absolute atomic E-state index is 0.0346. The topological polar surface area (TPSA) is 67.8 Å². The van der Waals surface area contributed by atoms with Crippen molar-refractivity contribution in [2.75, 3.05) is 7.05 Å². The second-order valence-corrected chi connectivity index (χ2v) is 12.4. The van der Waals surface area contributed by atoms with Crippen LogP contribution in [0.5, 0.6) is 0 Å². The van der Waals surface area contributed by atoms with Crippen LogP contribution in [0, 0.1) is 34.5 Å². The maximum absolute atomic E-state index is 12.4. The number of allylic oxidation sites excluding steroid dienone is 1. The zero-order valence-electron chi connectivity index (χ0n) is 21.3. The van der Waals surface area contributed by atoms with E-state index in [-0.39, 0.29) is 41.3 Å². The van der Waals surface area contributed by atoms with Gasteiger partial charge in [-0.2, -0.15) is 0 Å². The van der Waals surface area contributed by atoms with Gasteiger partial charge in [-0.15, -0.1) is 0 Å². The monoisotopic (exact) mass is 459 g/mol. The average molecular weight is 460 g/mol. The minimum Gasteiger partial charge on any atom is -0.391 e. The molecule has 0 amide bonds. The van der Waals surface area contributed by atoms with E-state index in [4.69, 9.17) is 9.47 Å². The number of carbonyl (C=O) groups excluding carboxylic acids is 1. The molecule has 0 bridgehead atoms. The van der Waals surface area contributed by atoms with Crippen LogP contribution in [0.1, 0.15) is 85.5 Å². The number of ketones is 1. The first-order valence-corrected chi connectivity index (χ1v) is 13.5. The van der Waals surface area contributed by atoms with Crippen LogP contribution in [0.4, 0.5) is 0 Å². The molecule has 4 aliphatic carbocycles. The van der Waals surface area contributed by atoms with Crippen molar-refractivity contribution in [1.29, 1.82) is 0 Å². The van der Waals surface area contributed by atoms with Gasteiger partial charge in [0.1, 0.15) is 5.78 Å². The SMILES string of the molecule is CN[C@H]1[C@@H](O)C[C@H](O[C@H]2CC[C@@]3(C)C(=CC[C@H]4[C@@H]5CC[C@H](C(C)=O)[C@@]5(C)CC[C@@H]43)C2)O[C@@H]1C. The molecule has 4 fully saturated rings. The Balaban J connectivity index is 1.27. The highest BCUT2D eigenvalue weighted by atomic mass is 16.7. The van der Waals surface area contributed by atoms with E-state index in [1.54, 1.807) is 5.57 Å². The van der Waals surface area contributed by atoms with E-state index in [2.05, 4.69) is 25.2 Å². The van der Waals surface area contributed by atoms with Crippen LogP contribution in [-0.4, -0.2) is 48.6 Å². The molecule has 0 radical (unpaired) electrons. The number of carbonyl (C=O) groups is 1. The molecule has 0 unspecified atom stereocenters. The molecular formula is C28H45NO4. The summed E-state index contributed by atoms with van der Waals surface area (Å²) in [5.74, 6) is 2.87. The third kappa shape index (κ3) is 3.86. The van der Waals surface area contributed by atoms with E-state index < -0.39 is 6.10 Å². The fourth-order valence-corrected chi connectivity index (χ4v) is 9.18. The lowest BCUT2D eigenvalue weighted by atomic mass is 9.47. The fourth-order valence-electron chi connectivity index (χ4n) is 9.18. The summed E-state index contributed by atoms with van der Waals surface area (Å²) < 4.78 is 12.5. The molecule has 11 atom stereocenters. The molecule has 5 rings (SSSR count). The van der Waals surface area contributed by atoms with Crippen LogP contribution in [-0.2, 0) is 14.3 Å². The summed E-state index contributed by atoms with van der Waals surface area (Å²) in [6.07, 6.45) is 11.7. The normalized spacial score (nSPS) is 51.8. The van der Waals surface area contributed by atoms with Crippen molar-refractivity contribution in [3.8, 4) is 0 Å². The third-order valence-corrected chi connectivity index (χ3v) is 10.9. The molecule has 0 aromatic heterocycles. The first-order chi connectivity index (χ1) is 15.7. The summed E-state index contributed by atoms with van der Waals surface area (Å²) in [7, 11) is 1.87. The van der Waals surface area contributed by atoms with Gasteiger partial charge in [0.05, 0.1) is 24.4 Å². The molecule has 1 heterocycles. The second-order valence-electron chi connectivity index (χ2n) is 12.4. The molecule has 3 saturated carbocycles. The van der Waals surface area contributed by atoms with E-state index in [9.17, 15) is 9.90 Å². The number of likely N-dealkylation sites (N-methyl/N-ethyl adjacent to an activating group) is 1. The van der Waals surface area contributed by atoms with Gasteiger partial charge in [-0.1, -0.05) is 25.5 Å². The van der Waals surface area contributed by atoms with Gasteiger partial charge in [0, 0.05) is 12.3 Å². The number of hydrogen-bond donors (Lipinski definition) is 2. The van der Waals surface area contributed by atoms with Gasteiger partial charge >= 0.3 is 0 Å². The van der Waals surface area contributed by atoms with Gasteiger partial charge in [-0.25, -0.2) is 0 Å². The lowest BCUT2D eigenvalue weighted by molar-refractivity contribution is -0.241. The van der Waals surface area contributed by atoms with Crippen LogP contribution < -0.4 is 5.32 Å². The number of Topliss-reactive ketones (excluding diaryl/α,β-unsaturated/α-hetero) is 1. The van der Waals surface area contributed by atoms with E-state index in [0.29, 0.717) is 18.1 Å². The quantitative estimate of drug-likeness (QED) is 0.600. The molecule has 2 N–H and O–H groups in total. The molecule has 33 heavy (non-hydrogen) atoms. The van der Waals surface area contributed by atoms with Crippen LogP contribution in [0.15, 0.2) is 11.6 Å². The first-order valence-electron chi connectivity index (χ1n) is 13.5. The molecule has 0 spiro atoms. The van der Waals surface area contributed by atoms with Crippen molar-refractivity contribution >= 4 is 5.78 Å². The van der Waals surface area contributed by atoms with E-state index in [0.717, 1.165) is 31.1 Å². The number of hydrogen-bond acceptors (Lipinski definition) is 5. The first kappa shape index (κ1) is 24.0. The number of fused-ring (bicyclic) bond motifs is 5. The van der Waals surface area contributed by atoms with Gasteiger partial charge in [-0.05, 0) is 101 Å². The lowest BCUT2D eigenvalue weighted by Crippen LogP contribution is -2.54. The minimum atomic E-state index is -0.436. The summed E-state index contributed by atoms with van der Waals surface area (Å²) >= 11 is 0. The predicted octanol–water partition coefficient (Wildman–Crippen LogP) is 4.62. The standard InChI is InChI=1S/C28H45NO4/c1-16(30)21-8-9-22-20-7-6-18-14-19(33-25-15-24(31)26(29-5)17(2)32-25)10-12-27(18,3)23(20)11-13-28(21,22)4/h6,17,19-26,29,31H,7-15H2,1-5H3/t17-,19+,20+,21-,22+,23+,24+,25+,26-,27+,28-/m1/s1. The van der Waals surface area contributed by atoms with E-state index in [1.165, 1.54) is 32.1 Å². The largest absolute Gasteiger partial charge is 0.391 e. The van der Waals surface area contributed by atoms with Crippen molar-refractivity contribution in [3.05, 3.63) is 11.6 Å². The van der Waals surface area contributed by atoms with Crippen LogP contribution in [0.25, 0.3) is 0 Å². The zero-order valence-corrected chi connectivity index (χ0v) is 21.3. The van der Waals surface area contributed by atoms with Gasteiger partial charge in [0.15, 0.2) is 6.29 Å². The Morgan fingerprint density at radius 3 is 2.67 bits per heavy atom. The second kappa shape index (κ2) is 8.72. The molecule has 0 aromatic carbocycles. The average Bonchev–Trinajstić information content (AvgIpc) is 3.11. The maximum atomic E-state index is 12.4. The van der Waals surface area contributed by atoms with Gasteiger partial charge in [0.2, 0.25) is 0 Å². The molecule has 0 aromatic rings. The maximum Gasteiger partial charge on any atom is 0.160 e. The van der Waals surface area contributed by atoms with Crippen molar-refractivity contribution in [2.45, 2.75) is 116 Å². The Labute approximate surface area is 200 Å². The number of rotatable bonds is 4. The molecule has 1 aliphatic heterocycles. The Hall–Kier alpha value is -0.750. The van der Waals surface area contributed by atoms with Crippen LogP contribution in [0.2, 0.25) is 0 Å². The van der Waals surface area contributed by atoms with Crippen molar-refractivity contribution < 1.29 is 19.4 Å². The van der Waals surface area contributed by atoms with Crippen molar-refractivity contribution in [1.82, 2.24) is 5.32 Å². The summed E-state index contributed by atoms with van der Waals surface area (Å²) in [4.78, 5) is 12.4. The third-order valence-electron chi connectivity index (χ3n) is 10.9. The Kier molecular flexibility index (Phi) is 6.34. The molecule has 5 nitrogen and oxygen atoms in total. The summed E-state index contributed by atoms with van der Waals surface area (Å²) in [5, 5.41) is 13.7. The highest BCUT2D eigenvalue weighted by molar-refractivity contribution is 5.79. The number of ether oxygens (including phenoxy) is 2. The predicted molar refractivity (Wildman–Crippen MR) is 129 cm³/mol. The van der Waals surface area contributed by atoms with Crippen LogP contribution in [0.3, 0.4) is 0 Å². The molecule has 5 heteroatoms. The van der Waals surface area contributed by atoms with Gasteiger partial charge < -0.3 is 19.9 Å². The zero-order chi connectivity index (χ0) is 23.5. The Morgan fingerprint density at radius 2 is 1.97 bits per heavy atom. The van der Waals surface area contributed by atoms with Gasteiger partial charge in [-0.3, -0.25) is 4.79 Å². The smallest absolute Gasteiger partial charge is 0.160 e. The molecular weight excluding hydrogens is 414 g/mol. The van der Waals surface area contributed by atoms with Crippen molar-refractivity contribution in [3.63, 3.8) is 0 Å². The lowest BCUT2D eigenvalue weighted by Gasteiger charge is -2.58. The highest BCUT2D eigenvalue weighted by Crippen LogP contribution is 2.66. The Morgan fingerprint density at radius 1 is 1.18 bits per heavy atom. The Bertz CT molecular complexity index is 785. The molecule has 186 valence electrons. The fraction of sp³-hybridized carbons (Fsp3) is 0.893. The molecule has 5 aliphatic rings. The van der Waals surface area contributed by atoms with E-state index in [1.807, 2.05) is 20.9 Å². The summed E-state index contributed by atoms with van der Waals surface area (Å²) in [5.41, 5.74) is 2.09. The highest BCUT2D eigenvalue weighted by Gasteiger charge is 2.59.